The summed E-state index contributed by atoms with van der Waals surface area (Å²) in [7, 11) is 0. The highest BCUT2D eigenvalue weighted by Crippen LogP contribution is 2.20. The third-order valence-electron chi connectivity index (χ3n) is 4.34. The largest absolute Gasteiger partial charge is 0.370 e. The summed E-state index contributed by atoms with van der Waals surface area (Å²) in [6.45, 7) is 9.81. The number of aromatic nitrogens is 1. The summed E-state index contributed by atoms with van der Waals surface area (Å²) >= 11 is 1.73. The van der Waals surface area contributed by atoms with E-state index in [9.17, 15) is 4.79 Å². The Morgan fingerprint density at radius 3 is 2.92 bits per heavy atom. The number of hydrogen-bond acceptors (Lipinski definition) is 4. The molecule has 1 aliphatic rings. The standard InChI is InChI=1S/C18H31N5OS.HI/c1-4-20-18(23-9-5-6-14(11-23)10-16(19)24)21-8-7-15-12-25-17(22-15)13(2)3;/h12-14H,4-11H2,1-3H3,(H2,19,24)(H,20,21);1H. The van der Waals surface area contributed by atoms with Crippen LogP contribution in [0.25, 0.3) is 0 Å². The number of aliphatic imine (C=N–C) groups is 1. The number of carbonyl (C=O) groups excluding carboxylic acids is 1. The van der Waals surface area contributed by atoms with Gasteiger partial charge in [0.1, 0.15) is 0 Å². The molecule has 6 nitrogen and oxygen atoms in total. The molecule has 0 radical (unpaired) electrons. The Balaban J connectivity index is 0.00000338. The molecule has 1 fully saturated rings. The molecular weight excluding hydrogens is 461 g/mol. The summed E-state index contributed by atoms with van der Waals surface area (Å²) < 4.78 is 0. The van der Waals surface area contributed by atoms with Crippen molar-refractivity contribution in [3.05, 3.63) is 16.1 Å². The Bertz CT molecular complexity index is 590. The smallest absolute Gasteiger partial charge is 0.217 e. The van der Waals surface area contributed by atoms with Crippen LogP contribution < -0.4 is 11.1 Å². The third-order valence-corrected chi connectivity index (χ3v) is 5.53. The van der Waals surface area contributed by atoms with Crippen molar-refractivity contribution in [1.82, 2.24) is 15.2 Å². The molecule has 148 valence electrons. The minimum absolute atomic E-state index is 0. The van der Waals surface area contributed by atoms with E-state index in [-0.39, 0.29) is 29.9 Å². The van der Waals surface area contributed by atoms with Gasteiger partial charge < -0.3 is 16.0 Å². The lowest BCUT2D eigenvalue weighted by molar-refractivity contribution is -0.119. The van der Waals surface area contributed by atoms with Gasteiger partial charge in [-0.2, -0.15) is 0 Å². The third kappa shape index (κ3) is 7.38. The molecule has 8 heteroatoms. The molecule has 1 aromatic heterocycles. The monoisotopic (exact) mass is 493 g/mol. The summed E-state index contributed by atoms with van der Waals surface area (Å²) in [6.07, 6.45) is 3.46. The maximum atomic E-state index is 11.2. The molecule has 1 saturated heterocycles. The minimum Gasteiger partial charge on any atom is -0.370 e. The van der Waals surface area contributed by atoms with Crippen molar-refractivity contribution < 1.29 is 4.79 Å². The van der Waals surface area contributed by atoms with Crippen LogP contribution in [0.5, 0.6) is 0 Å². The van der Waals surface area contributed by atoms with Crippen LogP contribution in [0.15, 0.2) is 10.4 Å². The van der Waals surface area contributed by atoms with Gasteiger partial charge in [0.2, 0.25) is 5.91 Å². The highest BCUT2D eigenvalue weighted by Gasteiger charge is 2.23. The zero-order chi connectivity index (χ0) is 18.2. The molecule has 1 unspecified atom stereocenters. The molecular formula is C18H32IN5OS. The van der Waals surface area contributed by atoms with Crippen molar-refractivity contribution in [2.24, 2.45) is 16.6 Å². The lowest BCUT2D eigenvalue weighted by Crippen LogP contribution is -2.47. The van der Waals surface area contributed by atoms with Crippen LogP contribution >= 0.6 is 35.3 Å². The van der Waals surface area contributed by atoms with Crippen LogP contribution in [0.1, 0.15) is 56.7 Å². The summed E-state index contributed by atoms with van der Waals surface area (Å²) in [5.74, 6) is 1.55. The van der Waals surface area contributed by atoms with E-state index in [1.165, 1.54) is 5.01 Å². The van der Waals surface area contributed by atoms with Crippen LogP contribution in [-0.4, -0.2) is 47.9 Å². The van der Waals surface area contributed by atoms with Crippen molar-refractivity contribution in [2.75, 3.05) is 26.2 Å². The number of hydrogen-bond donors (Lipinski definition) is 2. The Hall–Kier alpha value is -0.900. The zero-order valence-electron chi connectivity index (χ0n) is 16.0. The first kappa shape index (κ1) is 23.1. The fourth-order valence-corrected chi connectivity index (χ4v) is 3.98. The van der Waals surface area contributed by atoms with Crippen LogP contribution in [-0.2, 0) is 11.2 Å². The van der Waals surface area contributed by atoms with Crippen LogP contribution in [0, 0.1) is 5.92 Å². The fraction of sp³-hybridized carbons (Fsp3) is 0.722. The van der Waals surface area contributed by atoms with Crippen molar-refractivity contribution in [1.29, 1.82) is 0 Å². The number of carbonyl (C=O) groups is 1. The van der Waals surface area contributed by atoms with Crippen molar-refractivity contribution in [3.8, 4) is 0 Å². The summed E-state index contributed by atoms with van der Waals surface area (Å²) in [6, 6.07) is 0. The average molecular weight is 493 g/mol. The van der Waals surface area contributed by atoms with Gasteiger partial charge in [0, 0.05) is 50.3 Å². The molecule has 1 atom stereocenters. The lowest BCUT2D eigenvalue weighted by Gasteiger charge is -2.34. The van der Waals surface area contributed by atoms with Gasteiger partial charge in [0.25, 0.3) is 0 Å². The number of thiazole rings is 1. The summed E-state index contributed by atoms with van der Waals surface area (Å²) in [5.41, 5.74) is 6.49. The van der Waals surface area contributed by atoms with Gasteiger partial charge in [0.15, 0.2) is 5.96 Å². The lowest BCUT2D eigenvalue weighted by atomic mass is 9.95. The van der Waals surface area contributed by atoms with Gasteiger partial charge in [-0.1, -0.05) is 13.8 Å². The SMILES string of the molecule is CCNC(=NCCc1csc(C(C)C)n1)N1CCCC(CC(N)=O)C1.I. The normalized spacial score (nSPS) is 17.9. The van der Waals surface area contributed by atoms with E-state index in [2.05, 4.69) is 41.4 Å². The van der Waals surface area contributed by atoms with Gasteiger partial charge in [-0.05, 0) is 25.7 Å². The first-order valence-corrected chi connectivity index (χ1v) is 10.1. The fourth-order valence-electron chi connectivity index (χ4n) is 3.11. The van der Waals surface area contributed by atoms with Gasteiger partial charge in [-0.15, -0.1) is 35.3 Å². The van der Waals surface area contributed by atoms with Crippen LogP contribution in [0.4, 0.5) is 0 Å². The number of likely N-dealkylation sites (tertiary alicyclic amines) is 1. The summed E-state index contributed by atoms with van der Waals surface area (Å²) in [4.78, 5) is 22.9. The van der Waals surface area contributed by atoms with Gasteiger partial charge >= 0.3 is 0 Å². The zero-order valence-corrected chi connectivity index (χ0v) is 19.2. The highest BCUT2D eigenvalue weighted by molar-refractivity contribution is 14.0. The number of nitrogens with two attached hydrogens (primary N) is 1. The summed E-state index contributed by atoms with van der Waals surface area (Å²) in [5, 5.41) is 6.71. The van der Waals surface area contributed by atoms with Gasteiger partial charge in [0.05, 0.1) is 10.7 Å². The second-order valence-electron chi connectivity index (χ2n) is 6.94. The van der Waals surface area contributed by atoms with E-state index < -0.39 is 0 Å². The number of nitrogens with one attached hydrogen (secondary N) is 1. The van der Waals surface area contributed by atoms with E-state index in [4.69, 9.17) is 10.7 Å². The molecule has 1 aromatic rings. The average Bonchev–Trinajstić information content (AvgIpc) is 3.03. The Morgan fingerprint density at radius 2 is 2.31 bits per heavy atom. The molecule has 0 aromatic carbocycles. The van der Waals surface area contributed by atoms with Gasteiger partial charge in [-0.3, -0.25) is 9.79 Å². The van der Waals surface area contributed by atoms with Crippen molar-refractivity contribution in [3.63, 3.8) is 0 Å². The maximum Gasteiger partial charge on any atom is 0.217 e. The van der Waals surface area contributed by atoms with Crippen molar-refractivity contribution in [2.45, 2.75) is 52.4 Å². The number of rotatable bonds is 7. The minimum atomic E-state index is -0.210. The Morgan fingerprint density at radius 1 is 1.54 bits per heavy atom. The van der Waals surface area contributed by atoms with E-state index in [1.807, 2.05) is 0 Å². The van der Waals surface area contributed by atoms with E-state index in [0.29, 0.717) is 18.3 Å². The number of halogens is 1. The molecule has 0 aliphatic carbocycles. The molecule has 0 bridgehead atoms. The number of nitrogens with zero attached hydrogens (tertiary/aromatic N) is 3. The first-order chi connectivity index (χ1) is 12.0. The van der Waals surface area contributed by atoms with Crippen molar-refractivity contribution >= 4 is 47.2 Å². The Labute approximate surface area is 178 Å². The predicted molar refractivity (Wildman–Crippen MR) is 119 cm³/mol. The second kappa shape index (κ2) is 11.7. The van der Waals surface area contributed by atoms with Crippen LogP contribution in [0.2, 0.25) is 0 Å². The quantitative estimate of drug-likeness (QED) is 0.348. The molecule has 0 saturated carbocycles. The molecule has 2 rings (SSSR count). The number of amides is 1. The molecule has 26 heavy (non-hydrogen) atoms. The number of primary amides is 1. The van der Waals surface area contributed by atoms with E-state index >= 15 is 0 Å². The number of piperidine rings is 1. The molecule has 0 spiro atoms. The van der Waals surface area contributed by atoms with E-state index in [0.717, 1.165) is 57.1 Å². The number of guanidine groups is 1. The first-order valence-electron chi connectivity index (χ1n) is 9.25. The molecule has 3 N–H and O–H groups in total. The van der Waals surface area contributed by atoms with Gasteiger partial charge in [-0.25, -0.2) is 4.98 Å². The molecule has 2 heterocycles. The topological polar surface area (TPSA) is 83.6 Å². The molecule has 1 aliphatic heterocycles. The maximum absolute atomic E-state index is 11.2. The van der Waals surface area contributed by atoms with Crippen LogP contribution in [0.3, 0.4) is 0 Å². The highest BCUT2D eigenvalue weighted by atomic mass is 127. The molecule has 1 amide bonds. The predicted octanol–water partition coefficient (Wildman–Crippen LogP) is 2.98. The second-order valence-corrected chi connectivity index (χ2v) is 7.83. The Kier molecular flexibility index (Phi) is 10.4. The van der Waals surface area contributed by atoms with E-state index in [1.54, 1.807) is 11.3 Å².